The molecule has 2 fully saturated rings. The second kappa shape index (κ2) is 8.59. The predicted octanol–water partition coefficient (Wildman–Crippen LogP) is 6.76. The maximum absolute atomic E-state index is 4.87. The second-order valence-corrected chi connectivity index (χ2v) is 9.46. The van der Waals surface area contributed by atoms with Crippen LogP contribution < -0.4 is 0 Å². The van der Waals surface area contributed by atoms with Crippen LogP contribution in [0.4, 0.5) is 0 Å². The summed E-state index contributed by atoms with van der Waals surface area (Å²) in [4.78, 5) is -0.119. The van der Waals surface area contributed by atoms with Crippen LogP contribution in [0.1, 0.15) is 91.9 Å². The molecule has 0 spiro atoms. The van der Waals surface area contributed by atoms with Crippen molar-refractivity contribution in [1.82, 2.24) is 0 Å². The summed E-state index contributed by atoms with van der Waals surface area (Å²) in [6.07, 6.45) is 12.3. The molecule has 2 aliphatic carbocycles. The van der Waals surface area contributed by atoms with Gasteiger partial charge in [-0.3, -0.25) is 0 Å². The first-order chi connectivity index (χ1) is 11.0. The molecular formula is C18H34N4S. The van der Waals surface area contributed by atoms with E-state index in [4.69, 9.17) is 10.2 Å². The molecule has 0 amide bonds. The fourth-order valence-electron chi connectivity index (χ4n) is 3.45. The first-order valence-corrected chi connectivity index (χ1v) is 10.3. The van der Waals surface area contributed by atoms with Gasteiger partial charge in [-0.2, -0.15) is 20.5 Å². The highest BCUT2D eigenvalue weighted by Gasteiger charge is 2.44. The summed E-state index contributed by atoms with van der Waals surface area (Å²) in [5.74, 6) is 0. The zero-order chi connectivity index (χ0) is 16.8. The smallest absolute Gasteiger partial charge is 0.129 e. The third-order valence-corrected chi connectivity index (χ3v) is 6.33. The number of thioether (sulfide) groups is 1. The minimum Gasteiger partial charge on any atom is -0.190 e. The Bertz CT molecular complexity index is 367. The van der Waals surface area contributed by atoms with E-state index in [0.29, 0.717) is 0 Å². The van der Waals surface area contributed by atoms with Crippen molar-refractivity contribution in [3.63, 3.8) is 0 Å². The van der Waals surface area contributed by atoms with Crippen molar-refractivity contribution in [1.29, 1.82) is 0 Å². The van der Waals surface area contributed by atoms with E-state index in [0.717, 1.165) is 25.7 Å². The maximum atomic E-state index is 4.87. The number of rotatable bonds is 6. The van der Waals surface area contributed by atoms with Crippen molar-refractivity contribution >= 4 is 11.8 Å². The van der Waals surface area contributed by atoms with Gasteiger partial charge in [-0.05, 0) is 53.4 Å². The van der Waals surface area contributed by atoms with Gasteiger partial charge in [-0.15, -0.1) is 0 Å². The molecule has 0 N–H and O–H groups in total. The normalized spacial score (nSPS) is 25.0. The average Bonchev–Trinajstić information content (AvgIpc) is 2.53. The van der Waals surface area contributed by atoms with Gasteiger partial charge < -0.3 is 0 Å². The molecule has 132 valence electrons. The molecule has 23 heavy (non-hydrogen) atoms. The minimum absolute atomic E-state index is 0.0597. The summed E-state index contributed by atoms with van der Waals surface area (Å²) < 4.78 is 0. The van der Waals surface area contributed by atoms with E-state index in [1.54, 1.807) is 0 Å². The molecule has 0 aromatic heterocycles. The Morgan fingerprint density at radius 2 is 0.957 bits per heavy atom. The molecule has 0 heterocycles. The van der Waals surface area contributed by atoms with Crippen LogP contribution in [0.25, 0.3) is 0 Å². The van der Waals surface area contributed by atoms with Crippen molar-refractivity contribution < 1.29 is 0 Å². The molecule has 0 radical (unpaired) electrons. The van der Waals surface area contributed by atoms with E-state index in [-0.39, 0.29) is 21.8 Å². The van der Waals surface area contributed by atoms with Crippen molar-refractivity contribution in [2.75, 3.05) is 0 Å². The van der Waals surface area contributed by atoms with Gasteiger partial charge in [-0.1, -0.05) is 50.3 Å². The van der Waals surface area contributed by atoms with Gasteiger partial charge >= 0.3 is 0 Å². The third kappa shape index (κ3) is 5.84. The minimum atomic E-state index is -0.0597. The lowest BCUT2D eigenvalue weighted by Crippen LogP contribution is -2.36. The highest BCUT2D eigenvalue weighted by atomic mass is 32.2. The second-order valence-electron chi connectivity index (χ2n) is 7.73. The van der Waals surface area contributed by atoms with Crippen molar-refractivity contribution in [2.45, 2.75) is 114 Å². The molecule has 0 aromatic rings. The van der Waals surface area contributed by atoms with Crippen LogP contribution in [0.3, 0.4) is 0 Å². The Labute approximate surface area is 146 Å². The first-order valence-electron chi connectivity index (χ1n) is 9.50. The number of hydrogen-bond donors (Lipinski definition) is 0. The maximum Gasteiger partial charge on any atom is 0.129 e. The van der Waals surface area contributed by atoms with Crippen molar-refractivity contribution in [2.24, 2.45) is 20.5 Å². The zero-order valence-corrected chi connectivity index (χ0v) is 16.2. The molecular weight excluding hydrogens is 304 g/mol. The van der Waals surface area contributed by atoms with E-state index in [1.165, 1.54) is 38.5 Å². The standard InChI is InChI=1S/C18H34N4S/c1-15(2)19-21-17(11-7-5-8-12-17)23-18(22-20-16(3)4)13-9-6-10-14-18/h15-16H,5-14H2,1-4H3/b21-19+,22-20+. The highest BCUT2D eigenvalue weighted by molar-refractivity contribution is 8.02. The van der Waals surface area contributed by atoms with Gasteiger partial charge in [0, 0.05) is 0 Å². The summed E-state index contributed by atoms with van der Waals surface area (Å²) in [6.45, 7) is 8.44. The van der Waals surface area contributed by atoms with Crippen molar-refractivity contribution in [3.05, 3.63) is 0 Å². The lowest BCUT2D eigenvalue weighted by molar-refractivity contribution is 0.358. The molecule has 2 saturated carbocycles. The summed E-state index contributed by atoms with van der Waals surface area (Å²) in [5.41, 5.74) is 0. The van der Waals surface area contributed by atoms with E-state index in [2.05, 4.69) is 37.9 Å². The van der Waals surface area contributed by atoms with Crippen LogP contribution in [0, 0.1) is 0 Å². The van der Waals surface area contributed by atoms with Crippen LogP contribution in [-0.4, -0.2) is 21.8 Å². The Hall–Kier alpha value is -0.450. The van der Waals surface area contributed by atoms with Crippen molar-refractivity contribution in [3.8, 4) is 0 Å². The van der Waals surface area contributed by atoms with E-state index in [9.17, 15) is 0 Å². The summed E-state index contributed by atoms with van der Waals surface area (Å²) in [5, 5.41) is 18.8. The molecule has 0 aliphatic heterocycles. The molecule has 0 atom stereocenters. The topological polar surface area (TPSA) is 49.4 Å². The molecule has 4 nitrogen and oxygen atoms in total. The van der Waals surface area contributed by atoms with Crippen LogP contribution >= 0.6 is 11.8 Å². The Kier molecular flexibility index (Phi) is 7.05. The predicted molar refractivity (Wildman–Crippen MR) is 99.2 cm³/mol. The fourth-order valence-corrected chi connectivity index (χ4v) is 5.32. The van der Waals surface area contributed by atoms with Crippen LogP contribution in [0.15, 0.2) is 20.5 Å². The Morgan fingerprint density at radius 3 is 1.26 bits per heavy atom. The molecule has 5 heteroatoms. The monoisotopic (exact) mass is 338 g/mol. The SMILES string of the molecule is CC(C)/N=N/C1(SC2(/N=N/C(C)C)CCCCC2)CCCCC1. The van der Waals surface area contributed by atoms with Gasteiger partial charge in [0.1, 0.15) is 9.74 Å². The van der Waals surface area contributed by atoms with Gasteiger partial charge in [0.15, 0.2) is 0 Å². The van der Waals surface area contributed by atoms with E-state index < -0.39 is 0 Å². The summed E-state index contributed by atoms with van der Waals surface area (Å²) in [6, 6.07) is 0.544. The number of nitrogens with zero attached hydrogens (tertiary/aromatic N) is 4. The van der Waals surface area contributed by atoms with Crippen LogP contribution in [0.5, 0.6) is 0 Å². The van der Waals surface area contributed by atoms with Gasteiger partial charge in [0.2, 0.25) is 0 Å². The third-order valence-electron chi connectivity index (χ3n) is 4.59. The summed E-state index contributed by atoms with van der Waals surface area (Å²) in [7, 11) is 0. The lowest BCUT2D eigenvalue weighted by atomic mass is 9.94. The van der Waals surface area contributed by atoms with Gasteiger partial charge in [0.25, 0.3) is 0 Å². The average molecular weight is 339 g/mol. The molecule has 2 rings (SSSR count). The quantitative estimate of drug-likeness (QED) is 0.493. The number of azo groups is 2. The Morgan fingerprint density at radius 1 is 0.609 bits per heavy atom. The molecule has 0 unspecified atom stereocenters. The van der Waals surface area contributed by atoms with Crippen LogP contribution in [-0.2, 0) is 0 Å². The molecule has 0 saturated heterocycles. The first kappa shape index (κ1) is 18.9. The number of hydrogen-bond acceptors (Lipinski definition) is 5. The Balaban J connectivity index is 2.22. The zero-order valence-electron chi connectivity index (χ0n) is 15.4. The molecule has 0 bridgehead atoms. The fraction of sp³-hybridized carbons (Fsp3) is 1.00. The van der Waals surface area contributed by atoms with Gasteiger partial charge in [-0.25, -0.2) is 0 Å². The summed E-state index contributed by atoms with van der Waals surface area (Å²) >= 11 is 2.00. The van der Waals surface area contributed by atoms with E-state index >= 15 is 0 Å². The van der Waals surface area contributed by atoms with Gasteiger partial charge in [0.05, 0.1) is 12.1 Å². The lowest BCUT2D eigenvalue weighted by Gasteiger charge is -2.41. The molecule has 0 aromatic carbocycles. The highest BCUT2D eigenvalue weighted by Crippen LogP contribution is 2.53. The largest absolute Gasteiger partial charge is 0.190 e. The van der Waals surface area contributed by atoms with E-state index in [1.807, 2.05) is 11.8 Å². The van der Waals surface area contributed by atoms with Crippen LogP contribution in [0.2, 0.25) is 0 Å². The molecule has 2 aliphatic rings.